The van der Waals surface area contributed by atoms with Gasteiger partial charge in [-0.25, -0.2) is 12.7 Å². The number of rotatable bonds is 4. The molecule has 0 N–H and O–H groups in total. The van der Waals surface area contributed by atoms with Crippen LogP contribution in [-0.2, 0) is 26.8 Å². The van der Waals surface area contributed by atoms with E-state index in [1.54, 1.807) is 29.0 Å². The van der Waals surface area contributed by atoms with Crippen molar-refractivity contribution in [2.24, 2.45) is 0 Å². The third-order valence-corrected chi connectivity index (χ3v) is 9.55. The number of fused-ring (bicyclic) bond motifs is 3. The number of nitrogens with zero attached hydrogens (tertiary/aromatic N) is 5. The third kappa shape index (κ3) is 3.71. The van der Waals surface area contributed by atoms with E-state index in [0.717, 1.165) is 38.2 Å². The number of carbonyl (C=O) groups excluding carboxylic acids is 1. The van der Waals surface area contributed by atoms with E-state index in [1.807, 2.05) is 30.5 Å². The molecule has 36 heavy (non-hydrogen) atoms. The molecule has 11 heteroatoms. The smallest absolute Gasteiger partial charge is 0.238 e. The molecular formula is C25H22ClN5O3S2. The Bertz CT molecular complexity index is 1600. The normalized spacial score (nSPS) is 17.7. The number of sulfonamides is 1. The van der Waals surface area contributed by atoms with Crippen molar-refractivity contribution >= 4 is 55.3 Å². The quantitative estimate of drug-likeness (QED) is 0.385. The van der Waals surface area contributed by atoms with Crippen molar-refractivity contribution in [1.29, 1.82) is 0 Å². The lowest BCUT2D eigenvalue weighted by molar-refractivity contribution is -0.124. The van der Waals surface area contributed by atoms with E-state index in [0.29, 0.717) is 31.0 Å². The van der Waals surface area contributed by atoms with Crippen LogP contribution in [0.2, 0.25) is 5.02 Å². The van der Waals surface area contributed by atoms with Gasteiger partial charge in [0.05, 0.1) is 46.2 Å². The molecule has 2 aliphatic rings. The molecule has 0 atom stereocenters. The average molecular weight is 540 g/mol. The van der Waals surface area contributed by atoms with Gasteiger partial charge in [-0.05, 0) is 42.0 Å². The first kappa shape index (κ1) is 23.5. The molecule has 6 rings (SSSR count). The van der Waals surface area contributed by atoms with E-state index in [-0.39, 0.29) is 12.5 Å². The number of aromatic nitrogens is 3. The SMILES string of the molecule is CS(=O)(=O)N1CCC2(CC1)C(=O)N(Cc1ncc3cc(Cl)ccc3c1-c1cncs1)c1cnccc12. The van der Waals surface area contributed by atoms with Gasteiger partial charge in [-0.3, -0.25) is 19.7 Å². The Morgan fingerprint density at radius 1 is 1.11 bits per heavy atom. The molecule has 184 valence electrons. The number of hydrogen-bond acceptors (Lipinski definition) is 7. The maximum Gasteiger partial charge on any atom is 0.238 e. The summed E-state index contributed by atoms with van der Waals surface area (Å²) in [6, 6.07) is 7.59. The van der Waals surface area contributed by atoms with E-state index in [1.165, 1.54) is 21.9 Å². The summed E-state index contributed by atoms with van der Waals surface area (Å²) in [5, 5.41) is 2.53. The molecule has 0 radical (unpaired) electrons. The standard InChI is InChI=1S/C25H22ClN5O3S2/c1-36(33,34)30-8-5-25(6-9-30)19-4-7-27-12-21(19)31(24(25)32)14-20-23(22-13-28-15-35-22)18-3-2-17(26)10-16(18)11-29-20/h2-4,7,10-13,15H,5-6,8-9,14H2,1H3. The Hall–Kier alpha value is -2.92. The van der Waals surface area contributed by atoms with Crippen molar-refractivity contribution in [1.82, 2.24) is 19.3 Å². The van der Waals surface area contributed by atoms with Gasteiger partial charge in [0.25, 0.3) is 0 Å². The van der Waals surface area contributed by atoms with Crippen LogP contribution in [-0.4, -0.2) is 52.9 Å². The van der Waals surface area contributed by atoms with Gasteiger partial charge in [0, 0.05) is 47.7 Å². The summed E-state index contributed by atoms with van der Waals surface area (Å²) in [5.74, 6) is -0.0353. The highest BCUT2D eigenvalue weighted by atomic mass is 35.5. The summed E-state index contributed by atoms with van der Waals surface area (Å²) in [7, 11) is -3.31. The van der Waals surface area contributed by atoms with E-state index in [4.69, 9.17) is 16.6 Å². The van der Waals surface area contributed by atoms with Crippen molar-refractivity contribution in [3.63, 3.8) is 0 Å². The molecule has 1 amide bonds. The molecule has 2 aliphatic heterocycles. The van der Waals surface area contributed by atoms with Crippen LogP contribution in [0.15, 0.2) is 54.6 Å². The van der Waals surface area contributed by atoms with Crippen LogP contribution in [0.5, 0.6) is 0 Å². The summed E-state index contributed by atoms with van der Waals surface area (Å²) in [6.07, 6.45) is 9.08. The van der Waals surface area contributed by atoms with Gasteiger partial charge >= 0.3 is 0 Å². The predicted octanol–water partition coefficient (Wildman–Crippen LogP) is 4.25. The summed E-state index contributed by atoms with van der Waals surface area (Å²) < 4.78 is 25.7. The number of carbonyl (C=O) groups is 1. The van der Waals surface area contributed by atoms with Crippen LogP contribution in [0.4, 0.5) is 5.69 Å². The number of benzene rings is 1. The molecule has 0 bridgehead atoms. The minimum atomic E-state index is -3.31. The summed E-state index contributed by atoms with van der Waals surface area (Å²) >= 11 is 7.75. The fraction of sp³-hybridized carbons (Fsp3) is 0.280. The second-order valence-corrected chi connectivity index (χ2v) is 12.5. The Balaban J connectivity index is 1.43. The first-order valence-corrected chi connectivity index (χ1v) is 14.6. The minimum absolute atomic E-state index is 0.0353. The maximum atomic E-state index is 14.1. The van der Waals surface area contributed by atoms with Crippen molar-refractivity contribution in [3.8, 4) is 10.4 Å². The number of anilines is 1. The lowest BCUT2D eigenvalue weighted by atomic mass is 9.74. The molecule has 4 aromatic rings. The van der Waals surface area contributed by atoms with E-state index in [9.17, 15) is 13.2 Å². The molecule has 8 nitrogen and oxygen atoms in total. The lowest BCUT2D eigenvalue weighted by Gasteiger charge is -2.37. The van der Waals surface area contributed by atoms with Gasteiger partial charge in [-0.1, -0.05) is 17.7 Å². The van der Waals surface area contributed by atoms with Crippen LogP contribution in [0.3, 0.4) is 0 Å². The van der Waals surface area contributed by atoms with Gasteiger partial charge in [-0.2, -0.15) is 0 Å². The topological polar surface area (TPSA) is 96.4 Å². The highest BCUT2D eigenvalue weighted by molar-refractivity contribution is 7.88. The van der Waals surface area contributed by atoms with Crippen molar-refractivity contribution < 1.29 is 13.2 Å². The molecule has 0 saturated carbocycles. The van der Waals surface area contributed by atoms with E-state index in [2.05, 4.69) is 9.97 Å². The summed E-state index contributed by atoms with van der Waals surface area (Å²) in [5.41, 5.74) is 4.35. The molecule has 1 aromatic carbocycles. The first-order valence-electron chi connectivity index (χ1n) is 11.5. The van der Waals surface area contributed by atoms with E-state index >= 15 is 0 Å². The Kier molecular flexibility index (Phi) is 5.60. The first-order chi connectivity index (χ1) is 17.3. The molecule has 5 heterocycles. The number of thiazole rings is 1. The zero-order chi connectivity index (χ0) is 25.1. The highest BCUT2D eigenvalue weighted by Gasteiger charge is 2.53. The van der Waals surface area contributed by atoms with Crippen LogP contribution in [0.25, 0.3) is 21.2 Å². The molecule has 1 fully saturated rings. The van der Waals surface area contributed by atoms with Crippen molar-refractivity contribution in [2.75, 3.05) is 24.2 Å². The molecule has 0 unspecified atom stereocenters. The maximum absolute atomic E-state index is 14.1. The summed E-state index contributed by atoms with van der Waals surface area (Å²) in [4.78, 5) is 30.1. The number of halogens is 1. The van der Waals surface area contributed by atoms with E-state index < -0.39 is 15.4 Å². The van der Waals surface area contributed by atoms with Crippen LogP contribution in [0.1, 0.15) is 24.1 Å². The fourth-order valence-corrected chi connectivity index (χ4v) is 7.18. The Labute approximate surface area is 217 Å². The predicted molar refractivity (Wildman–Crippen MR) is 141 cm³/mol. The fourth-order valence-electron chi connectivity index (χ4n) is 5.45. The van der Waals surface area contributed by atoms with Gasteiger partial charge in [0.2, 0.25) is 15.9 Å². The average Bonchev–Trinajstić information content (AvgIpc) is 3.47. The van der Waals surface area contributed by atoms with Crippen LogP contribution >= 0.6 is 22.9 Å². The number of hydrogen-bond donors (Lipinski definition) is 0. The van der Waals surface area contributed by atoms with Gasteiger partial charge in [0.1, 0.15) is 0 Å². The Morgan fingerprint density at radius 2 is 1.92 bits per heavy atom. The van der Waals surface area contributed by atoms with Crippen LogP contribution in [0, 0.1) is 0 Å². The Morgan fingerprint density at radius 3 is 2.64 bits per heavy atom. The molecule has 1 saturated heterocycles. The van der Waals surface area contributed by atoms with Crippen LogP contribution < -0.4 is 4.90 Å². The van der Waals surface area contributed by atoms with Crippen molar-refractivity contribution in [3.05, 3.63) is 70.8 Å². The van der Waals surface area contributed by atoms with Gasteiger partial charge in [-0.15, -0.1) is 11.3 Å². The molecular weight excluding hydrogens is 518 g/mol. The second kappa shape index (κ2) is 8.58. The lowest BCUT2D eigenvalue weighted by Crippen LogP contribution is -2.49. The zero-order valence-corrected chi connectivity index (χ0v) is 21.8. The highest BCUT2D eigenvalue weighted by Crippen LogP contribution is 2.49. The number of amides is 1. The second-order valence-electron chi connectivity index (χ2n) is 9.21. The molecule has 0 aliphatic carbocycles. The molecule has 1 spiro atoms. The monoisotopic (exact) mass is 539 g/mol. The zero-order valence-electron chi connectivity index (χ0n) is 19.4. The molecule has 3 aromatic heterocycles. The largest absolute Gasteiger partial charge is 0.304 e. The number of piperidine rings is 1. The number of pyridine rings is 2. The van der Waals surface area contributed by atoms with Gasteiger partial charge < -0.3 is 4.90 Å². The van der Waals surface area contributed by atoms with Gasteiger partial charge in [0.15, 0.2) is 0 Å². The van der Waals surface area contributed by atoms with Crippen molar-refractivity contribution in [2.45, 2.75) is 24.8 Å². The minimum Gasteiger partial charge on any atom is -0.304 e. The summed E-state index contributed by atoms with van der Waals surface area (Å²) in [6.45, 7) is 0.878. The third-order valence-electron chi connectivity index (χ3n) is 7.22.